The van der Waals surface area contributed by atoms with Crippen LogP contribution in [0.25, 0.3) is 10.9 Å². The van der Waals surface area contributed by atoms with Gasteiger partial charge in [0.25, 0.3) is 5.56 Å². The van der Waals surface area contributed by atoms with Crippen LogP contribution in [0.1, 0.15) is 30.4 Å². The number of anilines is 1. The minimum atomic E-state index is -0.0133. The molecule has 7 heteroatoms. The van der Waals surface area contributed by atoms with E-state index >= 15 is 0 Å². The van der Waals surface area contributed by atoms with Crippen LogP contribution >= 0.6 is 0 Å². The lowest BCUT2D eigenvalue weighted by Gasteiger charge is -2.27. The van der Waals surface area contributed by atoms with E-state index in [9.17, 15) is 4.79 Å². The first-order chi connectivity index (χ1) is 12.7. The summed E-state index contributed by atoms with van der Waals surface area (Å²) in [5.41, 5.74) is 4.50. The van der Waals surface area contributed by atoms with Crippen molar-refractivity contribution in [3.8, 4) is 5.75 Å². The van der Waals surface area contributed by atoms with E-state index in [1.54, 1.807) is 7.11 Å². The molecule has 1 aromatic carbocycles. The first-order valence-corrected chi connectivity index (χ1v) is 9.11. The van der Waals surface area contributed by atoms with E-state index in [0.717, 1.165) is 91.0 Å². The minimum absolute atomic E-state index is 0.0133. The van der Waals surface area contributed by atoms with Crippen LogP contribution in [0.4, 0.5) is 5.69 Å². The van der Waals surface area contributed by atoms with E-state index in [2.05, 4.69) is 26.4 Å². The highest BCUT2D eigenvalue weighted by atomic mass is 16.5. The fraction of sp³-hybridized carbons (Fsp3) is 0.474. The number of fused-ring (bicyclic) bond motifs is 3. The molecule has 2 aromatic rings. The molecular formula is C19H24N4O3. The van der Waals surface area contributed by atoms with Crippen LogP contribution in [0.3, 0.4) is 0 Å². The average Bonchev–Trinajstić information content (AvgIpc) is 2.68. The highest BCUT2D eigenvalue weighted by Gasteiger charge is 2.21. The van der Waals surface area contributed by atoms with Crippen LogP contribution < -0.4 is 15.6 Å². The lowest BCUT2D eigenvalue weighted by Crippen LogP contribution is -2.33. The van der Waals surface area contributed by atoms with Crippen LogP contribution in [0.2, 0.25) is 0 Å². The van der Waals surface area contributed by atoms with Crippen LogP contribution in [-0.4, -0.2) is 47.5 Å². The summed E-state index contributed by atoms with van der Waals surface area (Å²) in [6, 6.07) is 4.11. The van der Waals surface area contributed by atoms with E-state index in [1.165, 1.54) is 0 Å². The van der Waals surface area contributed by atoms with Gasteiger partial charge in [-0.3, -0.25) is 9.69 Å². The number of pyridine rings is 1. The maximum atomic E-state index is 12.5. The lowest BCUT2D eigenvalue weighted by molar-refractivity contribution is 0.256. The molecule has 138 valence electrons. The van der Waals surface area contributed by atoms with Gasteiger partial charge in [0.1, 0.15) is 5.75 Å². The number of likely N-dealkylation sites (tertiary alicyclic amines) is 1. The maximum absolute atomic E-state index is 12.5. The number of H-pyrrole nitrogens is 1. The molecule has 2 aliphatic heterocycles. The van der Waals surface area contributed by atoms with Crippen molar-refractivity contribution in [3.63, 3.8) is 0 Å². The van der Waals surface area contributed by atoms with Gasteiger partial charge < -0.3 is 20.2 Å². The summed E-state index contributed by atoms with van der Waals surface area (Å²) >= 11 is 0. The number of hydrogen-bond donors (Lipinski definition) is 3. The molecule has 4 rings (SSSR count). The van der Waals surface area contributed by atoms with Gasteiger partial charge in [-0.2, -0.15) is 0 Å². The van der Waals surface area contributed by atoms with Gasteiger partial charge in [0.15, 0.2) is 0 Å². The Kier molecular flexibility index (Phi) is 4.55. The highest BCUT2D eigenvalue weighted by Crippen LogP contribution is 2.35. The van der Waals surface area contributed by atoms with Crippen molar-refractivity contribution in [1.29, 1.82) is 0 Å². The molecule has 26 heavy (non-hydrogen) atoms. The number of aromatic nitrogens is 1. The Balaban J connectivity index is 1.71. The lowest BCUT2D eigenvalue weighted by atomic mass is 9.99. The zero-order valence-electron chi connectivity index (χ0n) is 15.0. The van der Waals surface area contributed by atoms with Crippen LogP contribution in [0, 0.1) is 0 Å². The van der Waals surface area contributed by atoms with Crippen molar-refractivity contribution in [3.05, 3.63) is 33.6 Å². The first kappa shape index (κ1) is 16.9. The standard InChI is InChI=1S/C19H24N4O3/c1-26-16-10-12(11-23-7-4-13(22-25)5-8-23)9-15-17(16)18-14(19(24)21-15)3-2-6-20-18/h9-10,20,25H,2-8,11H2,1H3,(H,21,24). The number of nitrogens with one attached hydrogen (secondary N) is 2. The predicted octanol–water partition coefficient (Wildman–Crippen LogP) is 2.32. The van der Waals surface area contributed by atoms with E-state index in [1.807, 2.05) is 6.07 Å². The third-order valence-electron chi connectivity index (χ3n) is 5.34. The topological polar surface area (TPSA) is 90.0 Å². The number of piperidine rings is 1. The first-order valence-electron chi connectivity index (χ1n) is 9.11. The van der Waals surface area contributed by atoms with Gasteiger partial charge in [-0.05, 0) is 30.5 Å². The van der Waals surface area contributed by atoms with Crippen molar-refractivity contribution in [2.24, 2.45) is 5.16 Å². The van der Waals surface area contributed by atoms with Crippen molar-refractivity contribution >= 4 is 22.3 Å². The smallest absolute Gasteiger partial charge is 0.253 e. The third kappa shape index (κ3) is 3.03. The Morgan fingerprint density at radius 1 is 1.27 bits per heavy atom. The van der Waals surface area contributed by atoms with Crippen LogP contribution in [-0.2, 0) is 13.0 Å². The molecule has 0 spiro atoms. The molecule has 0 amide bonds. The Hall–Kier alpha value is -2.54. The second kappa shape index (κ2) is 6.99. The van der Waals surface area contributed by atoms with E-state index in [4.69, 9.17) is 9.94 Å². The Morgan fingerprint density at radius 3 is 2.81 bits per heavy atom. The molecule has 1 aromatic heterocycles. The summed E-state index contributed by atoms with van der Waals surface area (Å²) in [5, 5.41) is 16.6. The van der Waals surface area contributed by atoms with Crippen molar-refractivity contribution < 1.29 is 9.94 Å². The fourth-order valence-corrected chi connectivity index (χ4v) is 3.98. The van der Waals surface area contributed by atoms with Gasteiger partial charge in [-0.15, -0.1) is 0 Å². The average molecular weight is 356 g/mol. The number of oxime groups is 1. The zero-order valence-corrected chi connectivity index (χ0v) is 15.0. The normalized spacial score (nSPS) is 17.7. The Morgan fingerprint density at radius 2 is 2.08 bits per heavy atom. The summed E-state index contributed by atoms with van der Waals surface area (Å²) < 4.78 is 5.66. The van der Waals surface area contributed by atoms with Crippen LogP contribution in [0.15, 0.2) is 22.1 Å². The quantitative estimate of drug-likeness (QED) is 0.580. The monoisotopic (exact) mass is 356 g/mol. The van der Waals surface area contributed by atoms with Gasteiger partial charge in [-0.1, -0.05) is 5.16 Å². The number of aromatic amines is 1. The van der Waals surface area contributed by atoms with Gasteiger partial charge in [0.05, 0.1) is 29.4 Å². The molecule has 3 N–H and O–H groups in total. The highest BCUT2D eigenvalue weighted by molar-refractivity contribution is 5.98. The molecule has 0 radical (unpaired) electrons. The van der Waals surface area contributed by atoms with Crippen molar-refractivity contribution in [2.75, 3.05) is 32.1 Å². The molecule has 0 bridgehead atoms. The minimum Gasteiger partial charge on any atom is -0.496 e. The summed E-state index contributed by atoms with van der Waals surface area (Å²) in [4.78, 5) is 17.8. The number of benzene rings is 1. The number of methoxy groups -OCH3 is 1. The number of rotatable bonds is 3. The summed E-state index contributed by atoms with van der Waals surface area (Å²) in [5.74, 6) is 0.786. The molecule has 1 fully saturated rings. The maximum Gasteiger partial charge on any atom is 0.253 e. The second-order valence-corrected chi connectivity index (χ2v) is 7.00. The summed E-state index contributed by atoms with van der Waals surface area (Å²) in [6.07, 6.45) is 3.34. The van der Waals surface area contributed by atoms with E-state index in [-0.39, 0.29) is 5.56 Å². The largest absolute Gasteiger partial charge is 0.496 e. The number of hydrogen-bond acceptors (Lipinski definition) is 6. The SMILES string of the molecule is COc1cc(CN2CCC(=NO)CC2)cc2[nH]c(=O)c3c(c12)NCCC3. The van der Waals surface area contributed by atoms with Gasteiger partial charge in [-0.25, -0.2) is 0 Å². The Bertz CT molecular complexity index is 909. The Labute approximate surface area is 151 Å². The number of nitrogens with zero attached hydrogens (tertiary/aromatic N) is 2. The molecule has 3 heterocycles. The molecule has 0 saturated carbocycles. The molecule has 2 aliphatic rings. The molecule has 0 aliphatic carbocycles. The van der Waals surface area contributed by atoms with E-state index < -0.39 is 0 Å². The van der Waals surface area contributed by atoms with Gasteiger partial charge in [0, 0.05) is 44.6 Å². The predicted molar refractivity (Wildman–Crippen MR) is 102 cm³/mol. The van der Waals surface area contributed by atoms with Crippen LogP contribution in [0.5, 0.6) is 5.75 Å². The van der Waals surface area contributed by atoms with Gasteiger partial charge >= 0.3 is 0 Å². The van der Waals surface area contributed by atoms with Gasteiger partial charge in [0.2, 0.25) is 0 Å². The fourth-order valence-electron chi connectivity index (χ4n) is 3.98. The second-order valence-electron chi connectivity index (χ2n) is 7.00. The molecule has 1 saturated heterocycles. The van der Waals surface area contributed by atoms with E-state index in [0.29, 0.717) is 0 Å². The third-order valence-corrected chi connectivity index (χ3v) is 5.34. The molecule has 0 unspecified atom stereocenters. The molecular weight excluding hydrogens is 332 g/mol. The van der Waals surface area contributed by atoms with Crippen molar-refractivity contribution in [1.82, 2.24) is 9.88 Å². The molecule has 0 atom stereocenters. The van der Waals surface area contributed by atoms with Crippen molar-refractivity contribution in [2.45, 2.75) is 32.2 Å². The summed E-state index contributed by atoms with van der Waals surface area (Å²) in [7, 11) is 1.67. The zero-order chi connectivity index (χ0) is 18.1. The molecule has 7 nitrogen and oxygen atoms in total. The number of ether oxygens (including phenoxy) is 1. The summed E-state index contributed by atoms with van der Waals surface area (Å²) in [6.45, 7) is 3.38.